The summed E-state index contributed by atoms with van der Waals surface area (Å²) in [6.07, 6.45) is 1.29. The summed E-state index contributed by atoms with van der Waals surface area (Å²) in [6, 6.07) is 19.0. The number of nitrogens with zero attached hydrogens (tertiary/aromatic N) is 3. The quantitative estimate of drug-likeness (QED) is 0.196. The third-order valence-electron chi connectivity index (χ3n) is 5.20. The topological polar surface area (TPSA) is 112 Å². The van der Waals surface area contributed by atoms with Crippen LogP contribution in [0.5, 0.6) is 5.75 Å². The number of aryl methyl sites for hydroxylation is 2. The minimum atomic E-state index is -0.563. The summed E-state index contributed by atoms with van der Waals surface area (Å²) >= 11 is 6.00. The molecule has 4 rings (SSSR count). The molecule has 0 unspecified atom stereocenters. The van der Waals surface area contributed by atoms with Crippen LogP contribution in [-0.2, 0) is 6.61 Å². The largest absolute Gasteiger partial charge is 0.486 e. The number of amides is 1. The Morgan fingerprint density at radius 3 is 2.49 bits per heavy atom. The fourth-order valence-corrected chi connectivity index (χ4v) is 3.67. The molecule has 0 saturated heterocycles. The number of aromatic nitrogens is 1. The zero-order valence-corrected chi connectivity index (χ0v) is 19.7. The van der Waals surface area contributed by atoms with Crippen LogP contribution in [0, 0.1) is 24.0 Å². The van der Waals surface area contributed by atoms with Gasteiger partial charge < -0.3 is 13.7 Å². The first-order chi connectivity index (χ1) is 16.8. The van der Waals surface area contributed by atoms with E-state index in [0.717, 1.165) is 17.1 Å². The van der Waals surface area contributed by atoms with Gasteiger partial charge in [-0.1, -0.05) is 11.6 Å². The van der Waals surface area contributed by atoms with E-state index in [1.807, 2.05) is 24.3 Å². The van der Waals surface area contributed by atoms with E-state index >= 15 is 0 Å². The van der Waals surface area contributed by atoms with Crippen molar-refractivity contribution in [1.29, 1.82) is 0 Å². The number of benzene rings is 2. The van der Waals surface area contributed by atoms with Gasteiger partial charge in [0.25, 0.3) is 5.69 Å². The Morgan fingerprint density at radius 2 is 1.83 bits per heavy atom. The Hall–Kier alpha value is -4.37. The van der Waals surface area contributed by atoms with E-state index in [1.54, 1.807) is 6.07 Å². The fourth-order valence-electron chi connectivity index (χ4n) is 3.45. The SMILES string of the molecule is Cc1ccc(C)n1-c1ccc(OCc2ccc(C(=O)N/N=C/c3ccc([N+](=O)[O-])cc3Cl)o2)cc1. The monoisotopic (exact) mass is 492 g/mol. The van der Waals surface area contributed by atoms with Crippen molar-refractivity contribution >= 4 is 29.4 Å². The summed E-state index contributed by atoms with van der Waals surface area (Å²) < 4.78 is 13.5. The lowest BCUT2D eigenvalue weighted by atomic mass is 10.2. The maximum atomic E-state index is 12.3. The molecule has 0 bridgehead atoms. The smallest absolute Gasteiger partial charge is 0.307 e. The molecule has 0 spiro atoms. The minimum Gasteiger partial charge on any atom is -0.486 e. The number of nitro benzene ring substituents is 1. The van der Waals surface area contributed by atoms with Gasteiger partial charge in [-0.05, 0) is 68.4 Å². The van der Waals surface area contributed by atoms with Crippen LogP contribution in [0.4, 0.5) is 5.69 Å². The molecule has 0 saturated carbocycles. The van der Waals surface area contributed by atoms with Gasteiger partial charge in [0.15, 0.2) is 5.76 Å². The number of hydrogen-bond donors (Lipinski definition) is 1. The van der Waals surface area contributed by atoms with Gasteiger partial charge in [0.1, 0.15) is 18.1 Å². The van der Waals surface area contributed by atoms with E-state index < -0.39 is 10.8 Å². The molecule has 0 aliphatic rings. The molecule has 2 aromatic heterocycles. The first-order valence-electron chi connectivity index (χ1n) is 10.6. The Bertz CT molecular complexity index is 1390. The van der Waals surface area contributed by atoms with Crippen LogP contribution in [0.25, 0.3) is 5.69 Å². The Morgan fingerprint density at radius 1 is 1.11 bits per heavy atom. The standard InChI is InChI=1S/C25H21ClN4O5/c1-16-3-4-17(2)29(16)19-7-9-21(10-8-19)34-15-22-11-12-24(35-22)25(31)28-27-14-18-5-6-20(30(32)33)13-23(18)26/h3-14H,15H2,1-2H3,(H,28,31)/b27-14+. The molecule has 35 heavy (non-hydrogen) atoms. The van der Waals surface area contributed by atoms with Gasteiger partial charge in [-0.15, -0.1) is 0 Å². The van der Waals surface area contributed by atoms with Crippen LogP contribution in [0.1, 0.15) is 33.3 Å². The lowest BCUT2D eigenvalue weighted by Crippen LogP contribution is -2.16. The highest BCUT2D eigenvalue weighted by Gasteiger charge is 2.12. The summed E-state index contributed by atoms with van der Waals surface area (Å²) in [6.45, 7) is 4.26. The minimum absolute atomic E-state index is 0.0597. The fraction of sp³-hybridized carbons (Fsp3) is 0.120. The van der Waals surface area contributed by atoms with E-state index in [2.05, 4.69) is 41.1 Å². The maximum absolute atomic E-state index is 12.3. The van der Waals surface area contributed by atoms with Gasteiger partial charge in [0.2, 0.25) is 0 Å². The van der Waals surface area contributed by atoms with Crippen molar-refractivity contribution < 1.29 is 18.9 Å². The molecule has 2 heterocycles. The lowest BCUT2D eigenvalue weighted by Gasteiger charge is -2.10. The molecule has 0 aliphatic carbocycles. The first kappa shape index (κ1) is 23.8. The zero-order valence-electron chi connectivity index (χ0n) is 18.9. The number of halogens is 1. The van der Waals surface area contributed by atoms with E-state index in [0.29, 0.717) is 17.1 Å². The predicted molar refractivity (Wildman–Crippen MR) is 131 cm³/mol. The van der Waals surface area contributed by atoms with Crippen molar-refractivity contribution in [1.82, 2.24) is 9.99 Å². The maximum Gasteiger partial charge on any atom is 0.307 e. The molecule has 1 amide bonds. The second kappa shape index (κ2) is 10.3. The molecule has 4 aromatic rings. The number of hydrazone groups is 1. The third kappa shape index (κ3) is 5.59. The van der Waals surface area contributed by atoms with Crippen molar-refractivity contribution in [2.75, 3.05) is 0 Å². The molecule has 1 N–H and O–H groups in total. The molecule has 0 atom stereocenters. The highest BCUT2D eigenvalue weighted by molar-refractivity contribution is 6.33. The number of carbonyl (C=O) groups excluding carboxylic acids is 1. The van der Waals surface area contributed by atoms with Crippen LogP contribution in [0.3, 0.4) is 0 Å². The average molecular weight is 493 g/mol. The predicted octanol–water partition coefficient (Wildman–Crippen LogP) is 5.59. The molecule has 10 heteroatoms. The number of carbonyl (C=O) groups is 1. The van der Waals surface area contributed by atoms with E-state index in [-0.39, 0.29) is 23.1 Å². The van der Waals surface area contributed by atoms with Crippen molar-refractivity contribution in [3.63, 3.8) is 0 Å². The first-order valence-corrected chi connectivity index (χ1v) is 10.9. The van der Waals surface area contributed by atoms with Gasteiger partial charge in [-0.2, -0.15) is 5.10 Å². The number of rotatable bonds is 8. The summed E-state index contributed by atoms with van der Waals surface area (Å²) in [5.74, 6) is 0.638. The van der Waals surface area contributed by atoms with E-state index in [4.69, 9.17) is 20.8 Å². The van der Waals surface area contributed by atoms with Gasteiger partial charge in [0.05, 0.1) is 16.2 Å². The Labute approximate surface area is 205 Å². The van der Waals surface area contributed by atoms with Gasteiger partial charge >= 0.3 is 5.91 Å². The van der Waals surface area contributed by atoms with Crippen molar-refractivity contribution in [3.8, 4) is 11.4 Å². The van der Waals surface area contributed by atoms with Crippen LogP contribution in [-0.4, -0.2) is 21.6 Å². The van der Waals surface area contributed by atoms with Crippen LogP contribution >= 0.6 is 11.6 Å². The van der Waals surface area contributed by atoms with Gasteiger partial charge in [0, 0.05) is 34.8 Å². The molecule has 0 radical (unpaired) electrons. The molecule has 2 aromatic carbocycles. The number of hydrogen-bond acceptors (Lipinski definition) is 6. The molecular weight excluding hydrogens is 472 g/mol. The number of furan rings is 1. The molecular formula is C25H21ClN4O5. The van der Waals surface area contributed by atoms with E-state index in [9.17, 15) is 14.9 Å². The normalized spacial score (nSPS) is 11.1. The molecule has 0 aliphatic heterocycles. The zero-order chi connectivity index (χ0) is 24.9. The number of nitrogens with one attached hydrogen (secondary N) is 1. The Balaban J connectivity index is 1.31. The van der Waals surface area contributed by atoms with Gasteiger partial charge in [-0.25, -0.2) is 5.43 Å². The Kier molecular flexibility index (Phi) is 6.98. The van der Waals surface area contributed by atoms with Crippen molar-refractivity contribution in [3.05, 3.63) is 110 Å². The van der Waals surface area contributed by atoms with Gasteiger partial charge in [-0.3, -0.25) is 14.9 Å². The number of nitro groups is 1. The third-order valence-corrected chi connectivity index (χ3v) is 5.52. The molecule has 9 nitrogen and oxygen atoms in total. The average Bonchev–Trinajstić information content (AvgIpc) is 3.45. The molecule has 178 valence electrons. The number of ether oxygens (including phenoxy) is 1. The van der Waals surface area contributed by atoms with Crippen LogP contribution < -0.4 is 10.2 Å². The second-order valence-corrected chi connectivity index (χ2v) is 8.07. The summed E-state index contributed by atoms with van der Waals surface area (Å²) in [5, 5.41) is 14.7. The lowest BCUT2D eigenvalue weighted by molar-refractivity contribution is -0.384. The van der Waals surface area contributed by atoms with Crippen molar-refractivity contribution in [2.45, 2.75) is 20.5 Å². The summed E-state index contributed by atoms with van der Waals surface area (Å²) in [7, 11) is 0. The highest BCUT2D eigenvalue weighted by Crippen LogP contribution is 2.22. The highest BCUT2D eigenvalue weighted by atomic mass is 35.5. The summed E-state index contributed by atoms with van der Waals surface area (Å²) in [4.78, 5) is 22.5. The number of non-ortho nitro benzene ring substituents is 1. The van der Waals surface area contributed by atoms with E-state index in [1.165, 1.54) is 30.5 Å². The van der Waals surface area contributed by atoms with Crippen LogP contribution in [0.2, 0.25) is 5.02 Å². The molecule has 0 fully saturated rings. The van der Waals surface area contributed by atoms with Crippen LogP contribution in [0.15, 0.2) is 76.2 Å². The summed E-state index contributed by atoms with van der Waals surface area (Å²) in [5.41, 5.74) is 5.96. The second-order valence-electron chi connectivity index (χ2n) is 7.66. The van der Waals surface area contributed by atoms with Crippen molar-refractivity contribution in [2.24, 2.45) is 5.10 Å².